The Bertz CT molecular complexity index is 496. The molecule has 1 aromatic rings. The van der Waals surface area contributed by atoms with Gasteiger partial charge in [-0.15, -0.1) is 0 Å². The van der Waals surface area contributed by atoms with Crippen LogP contribution in [0.2, 0.25) is 0 Å². The molecule has 2 fully saturated rings. The Morgan fingerprint density at radius 2 is 2.04 bits per heavy atom. The third-order valence-corrected chi connectivity index (χ3v) is 4.59. The molecule has 0 aromatic carbocycles. The summed E-state index contributed by atoms with van der Waals surface area (Å²) >= 11 is 0. The summed E-state index contributed by atoms with van der Waals surface area (Å²) in [6, 6.07) is 2.00. The molecule has 0 saturated carbocycles. The van der Waals surface area contributed by atoms with Gasteiger partial charge in [0.2, 0.25) is 5.95 Å². The van der Waals surface area contributed by atoms with E-state index in [0.29, 0.717) is 6.10 Å². The SMILES string of the molecule is CCNc1cc(C)nc(N2CCN(CC3CCCCO3)CC2)n1. The second-order valence-corrected chi connectivity index (χ2v) is 6.50. The van der Waals surface area contributed by atoms with Crippen LogP contribution in [-0.2, 0) is 4.74 Å². The highest BCUT2D eigenvalue weighted by molar-refractivity contribution is 5.43. The van der Waals surface area contributed by atoms with Crippen molar-refractivity contribution in [2.45, 2.75) is 39.2 Å². The average molecular weight is 319 g/mol. The molecule has 0 radical (unpaired) electrons. The number of hydrogen-bond donors (Lipinski definition) is 1. The molecule has 6 nitrogen and oxygen atoms in total. The second kappa shape index (κ2) is 7.93. The van der Waals surface area contributed by atoms with Crippen LogP contribution in [0.25, 0.3) is 0 Å². The molecule has 0 bridgehead atoms. The maximum Gasteiger partial charge on any atom is 0.227 e. The highest BCUT2D eigenvalue weighted by atomic mass is 16.5. The number of aromatic nitrogens is 2. The number of anilines is 2. The largest absolute Gasteiger partial charge is 0.377 e. The van der Waals surface area contributed by atoms with Crippen LogP contribution in [0.3, 0.4) is 0 Å². The first-order valence-corrected chi connectivity index (χ1v) is 8.93. The van der Waals surface area contributed by atoms with Gasteiger partial charge in [0.25, 0.3) is 0 Å². The molecule has 3 heterocycles. The summed E-state index contributed by atoms with van der Waals surface area (Å²) in [6.45, 7) is 11.1. The van der Waals surface area contributed by atoms with Gasteiger partial charge in [-0.25, -0.2) is 4.98 Å². The van der Waals surface area contributed by atoms with Crippen LogP contribution in [0.4, 0.5) is 11.8 Å². The lowest BCUT2D eigenvalue weighted by Crippen LogP contribution is -2.49. The number of hydrogen-bond acceptors (Lipinski definition) is 6. The quantitative estimate of drug-likeness (QED) is 0.895. The molecule has 6 heteroatoms. The van der Waals surface area contributed by atoms with E-state index in [1.807, 2.05) is 13.0 Å². The van der Waals surface area contributed by atoms with E-state index in [4.69, 9.17) is 4.74 Å². The molecule has 0 amide bonds. The molecule has 1 atom stereocenters. The molecule has 0 aliphatic carbocycles. The van der Waals surface area contributed by atoms with Crippen LogP contribution < -0.4 is 10.2 Å². The van der Waals surface area contributed by atoms with E-state index in [-0.39, 0.29) is 0 Å². The van der Waals surface area contributed by atoms with E-state index >= 15 is 0 Å². The first kappa shape index (κ1) is 16.5. The highest BCUT2D eigenvalue weighted by Crippen LogP contribution is 2.18. The third-order valence-electron chi connectivity index (χ3n) is 4.59. The summed E-state index contributed by atoms with van der Waals surface area (Å²) in [7, 11) is 0. The molecule has 2 aliphatic rings. The van der Waals surface area contributed by atoms with Gasteiger partial charge in [-0.1, -0.05) is 0 Å². The predicted molar refractivity (Wildman–Crippen MR) is 93.2 cm³/mol. The van der Waals surface area contributed by atoms with E-state index in [1.165, 1.54) is 19.3 Å². The molecule has 0 spiro atoms. The lowest BCUT2D eigenvalue weighted by atomic mass is 10.1. The maximum absolute atomic E-state index is 5.86. The Morgan fingerprint density at radius 3 is 2.74 bits per heavy atom. The number of rotatable bonds is 5. The van der Waals surface area contributed by atoms with Gasteiger partial charge in [0.05, 0.1) is 6.10 Å². The molecular weight excluding hydrogens is 290 g/mol. The molecule has 128 valence electrons. The minimum absolute atomic E-state index is 0.436. The summed E-state index contributed by atoms with van der Waals surface area (Å²) in [4.78, 5) is 14.1. The fourth-order valence-electron chi connectivity index (χ4n) is 3.34. The van der Waals surface area contributed by atoms with Crippen molar-refractivity contribution in [1.29, 1.82) is 0 Å². The van der Waals surface area contributed by atoms with Gasteiger partial charge in [0, 0.05) is 57.6 Å². The lowest BCUT2D eigenvalue weighted by molar-refractivity contribution is -0.00648. The van der Waals surface area contributed by atoms with Gasteiger partial charge >= 0.3 is 0 Å². The van der Waals surface area contributed by atoms with Crippen molar-refractivity contribution in [3.63, 3.8) is 0 Å². The minimum atomic E-state index is 0.436. The van der Waals surface area contributed by atoms with E-state index in [9.17, 15) is 0 Å². The van der Waals surface area contributed by atoms with E-state index < -0.39 is 0 Å². The standard InChI is InChI=1S/C17H29N5O/c1-3-18-16-12-14(2)19-17(20-16)22-9-7-21(8-10-22)13-15-6-4-5-11-23-15/h12,15H,3-11,13H2,1-2H3,(H,18,19,20). The summed E-state index contributed by atoms with van der Waals surface area (Å²) in [5, 5.41) is 3.29. The lowest BCUT2D eigenvalue weighted by Gasteiger charge is -2.37. The summed E-state index contributed by atoms with van der Waals surface area (Å²) < 4.78 is 5.86. The summed E-state index contributed by atoms with van der Waals surface area (Å²) in [5.41, 5.74) is 1.02. The van der Waals surface area contributed by atoms with Crippen LogP contribution >= 0.6 is 0 Å². The van der Waals surface area contributed by atoms with Gasteiger partial charge in [0.1, 0.15) is 5.82 Å². The Morgan fingerprint density at radius 1 is 1.22 bits per heavy atom. The van der Waals surface area contributed by atoms with E-state index in [1.54, 1.807) is 0 Å². The van der Waals surface area contributed by atoms with Crippen molar-refractivity contribution in [2.24, 2.45) is 0 Å². The number of piperazine rings is 1. The zero-order chi connectivity index (χ0) is 16.1. The Balaban J connectivity index is 1.54. The first-order valence-electron chi connectivity index (χ1n) is 8.93. The van der Waals surface area contributed by atoms with Crippen LogP contribution in [0, 0.1) is 6.92 Å². The second-order valence-electron chi connectivity index (χ2n) is 6.50. The smallest absolute Gasteiger partial charge is 0.227 e. The molecule has 1 unspecified atom stereocenters. The van der Waals surface area contributed by atoms with Crippen LogP contribution in [-0.4, -0.2) is 66.8 Å². The van der Waals surface area contributed by atoms with Gasteiger partial charge < -0.3 is 15.0 Å². The van der Waals surface area contributed by atoms with Crippen molar-refractivity contribution in [2.75, 3.05) is 56.1 Å². The Hall–Kier alpha value is -1.40. The van der Waals surface area contributed by atoms with Crippen LogP contribution in [0.15, 0.2) is 6.07 Å². The van der Waals surface area contributed by atoms with Gasteiger partial charge in [0.15, 0.2) is 0 Å². The van der Waals surface area contributed by atoms with E-state index in [2.05, 4.69) is 32.0 Å². The third kappa shape index (κ3) is 4.54. The summed E-state index contributed by atoms with van der Waals surface area (Å²) in [5.74, 6) is 1.78. The predicted octanol–water partition coefficient (Wildman–Crippen LogP) is 1.91. The Labute approximate surface area is 139 Å². The van der Waals surface area contributed by atoms with Crippen LogP contribution in [0.1, 0.15) is 31.9 Å². The molecule has 3 rings (SSSR count). The van der Waals surface area contributed by atoms with Crippen molar-refractivity contribution in [3.05, 3.63) is 11.8 Å². The normalized spacial score (nSPS) is 23.0. The summed E-state index contributed by atoms with van der Waals surface area (Å²) in [6.07, 6.45) is 4.19. The van der Waals surface area contributed by atoms with Gasteiger partial charge in [-0.05, 0) is 33.1 Å². The Kier molecular flexibility index (Phi) is 5.67. The zero-order valence-electron chi connectivity index (χ0n) is 14.4. The number of ether oxygens (including phenoxy) is 1. The average Bonchev–Trinajstić information content (AvgIpc) is 2.56. The van der Waals surface area contributed by atoms with Gasteiger partial charge in [-0.3, -0.25) is 4.90 Å². The maximum atomic E-state index is 5.86. The fourth-order valence-corrected chi connectivity index (χ4v) is 3.34. The van der Waals surface area contributed by atoms with Gasteiger partial charge in [-0.2, -0.15) is 4.98 Å². The molecule has 1 N–H and O–H groups in total. The molecule has 2 saturated heterocycles. The van der Waals surface area contributed by atoms with Crippen molar-refractivity contribution in [1.82, 2.24) is 14.9 Å². The molecular formula is C17H29N5O. The number of nitrogens with zero attached hydrogens (tertiary/aromatic N) is 4. The van der Waals surface area contributed by atoms with Crippen molar-refractivity contribution in [3.8, 4) is 0 Å². The molecule has 1 aromatic heterocycles. The molecule has 23 heavy (non-hydrogen) atoms. The minimum Gasteiger partial charge on any atom is -0.377 e. The number of nitrogens with one attached hydrogen (secondary N) is 1. The number of aryl methyl sites for hydroxylation is 1. The van der Waals surface area contributed by atoms with Crippen molar-refractivity contribution < 1.29 is 4.74 Å². The molecule has 2 aliphatic heterocycles. The topological polar surface area (TPSA) is 53.5 Å². The first-order chi connectivity index (χ1) is 11.2. The monoisotopic (exact) mass is 319 g/mol. The zero-order valence-corrected chi connectivity index (χ0v) is 14.4. The van der Waals surface area contributed by atoms with Crippen LogP contribution in [0.5, 0.6) is 0 Å². The van der Waals surface area contributed by atoms with E-state index in [0.717, 1.165) is 63.3 Å². The fraction of sp³-hybridized carbons (Fsp3) is 0.765. The van der Waals surface area contributed by atoms with Crippen molar-refractivity contribution >= 4 is 11.8 Å². The highest BCUT2D eigenvalue weighted by Gasteiger charge is 2.23.